The van der Waals surface area contributed by atoms with Crippen LogP contribution in [0.2, 0.25) is 0 Å². The number of ether oxygens (including phenoxy) is 2. The molecule has 0 unspecified atom stereocenters. The van der Waals surface area contributed by atoms with Gasteiger partial charge in [0, 0.05) is 18.5 Å². The Morgan fingerprint density at radius 3 is 3.17 bits per heavy atom. The molecule has 2 aromatic heterocycles. The van der Waals surface area contributed by atoms with Crippen molar-refractivity contribution in [2.75, 3.05) is 13.2 Å². The molecule has 1 saturated heterocycles. The number of hydrogen-bond donors (Lipinski definition) is 1. The van der Waals surface area contributed by atoms with Gasteiger partial charge in [-0.1, -0.05) is 0 Å². The summed E-state index contributed by atoms with van der Waals surface area (Å²) in [6.07, 6.45) is 1.69. The minimum atomic E-state index is -3.66. The lowest BCUT2D eigenvalue weighted by Crippen LogP contribution is -2.50. The van der Waals surface area contributed by atoms with Crippen LogP contribution in [-0.2, 0) is 32.6 Å². The molecule has 0 aromatic carbocycles. The SMILES string of the molecule is CCn1nccc1S(=O)(=O)N[C@@H]1CCOC[C@H]1OCc1cscn1. The van der Waals surface area contributed by atoms with Gasteiger partial charge in [0.05, 0.1) is 42.8 Å². The Bertz CT molecular complexity index is 745. The van der Waals surface area contributed by atoms with Crippen LogP contribution in [0.5, 0.6) is 0 Å². The Morgan fingerprint density at radius 1 is 1.54 bits per heavy atom. The van der Waals surface area contributed by atoms with Crippen LogP contribution in [0.15, 0.2) is 28.2 Å². The van der Waals surface area contributed by atoms with Crippen LogP contribution < -0.4 is 4.72 Å². The number of nitrogens with zero attached hydrogens (tertiary/aromatic N) is 3. The first-order valence-corrected chi connectivity index (χ1v) is 10.1. The average molecular weight is 372 g/mol. The molecular weight excluding hydrogens is 352 g/mol. The molecule has 1 fully saturated rings. The number of thiazole rings is 1. The Balaban J connectivity index is 1.69. The highest BCUT2D eigenvalue weighted by Gasteiger charge is 2.32. The van der Waals surface area contributed by atoms with Gasteiger partial charge in [-0.05, 0) is 19.4 Å². The van der Waals surface area contributed by atoms with Crippen molar-refractivity contribution in [3.05, 3.63) is 28.8 Å². The van der Waals surface area contributed by atoms with Gasteiger partial charge in [0.15, 0.2) is 5.03 Å². The fourth-order valence-corrected chi connectivity index (χ4v) is 4.58. The number of aryl methyl sites for hydroxylation is 1. The van der Waals surface area contributed by atoms with Crippen LogP contribution in [0.25, 0.3) is 0 Å². The highest BCUT2D eigenvalue weighted by molar-refractivity contribution is 7.89. The van der Waals surface area contributed by atoms with Crippen LogP contribution >= 0.6 is 11.3 Å². The van der Waals surface area contributed by atoms with Gasteiger partial charge in [0.25, 0.3) is 10.0 Å². The molecule has 10 heteroatoms. The minimum absolute atomic E-state index is 0.162. The summed E-state index contributed by atoms with van der Waals surface area (Å²) in [5, 5.41) is 6.08. The van der Waals surface area contributed by atoms with Gasteiger partial charge >= 0.3 is 0 Å². The minimum Gasteiger partial charge on any atom is -0.379 e. The molecule has 3 heterocycles. The van der Waals surface area contributed by atoms with E-state index < -0.39 is 10.0 Å². The molecule has 0 amide bonds. The molecule has 24 heavy (non-hydrogen) atoms. The normalized spacial score (nSPS) is 21.9. The van der Waals surface area contributed by atoms with E-state index in [0.717, 1.165) is 5.69 Å². The van der Waals surface area contributed by atoms with Crippen LogP contribution in [0.1, 0.15) is 19.0 Å². The van der Waals surface area contributed by atoms with E-state index in [1.54, 1.807) is 5.51 Å². The summed E-state index contributed by atoms with van der Waals surface area (Å²) in [7, 11) is -3.66. The predicted octanol–water partition coefficient (Wildman–Crippen LogP) is 1.01. The maximum atomic E-state index is 12.6. The lowest BCUT2D eigenvalue weighted by molar-refractivity contribution is -0.0718. The predicted molar refractivity (Wildman–Crippen MR) is 88.1 cm³/mol. The maximum Gasteiger partial charge on any atom is 0.258 e. The topological polar surface area (TPSA) is 95.3 Å². The van der Waals surface area contributed by atoms with Gasteiger partial charge in [-0.25, -0.2) is 18.1 Å². The van der Waals surface area contributed by atoms with Crippen LogP contribution in [0.4, 0.5) is 0 Å². The molecule has 0 aliphatic carbocycles. The first-order chi connectivity index (χ1) is 11.6. The number of sulfonamides is 1. The average Bonchev–Trinajstić information content (AvgIpc) is 3.25. The standard InChI is InChI=1S/C14H20N4O4S2/c1-2-18-14(3-5-16-18)24(19,20)17-12-4-6-21-8-13(12)22-7-11-9-23-10-15-11/h3,5,9-10,12-13,17H,2,4,6-8H2,1H3/t12-,13-/m1/s1. The van der Waals surface area contributed by atoms with Crippen LogP contribution in [0.3, 0.4) is 0 Å². The van der Waals surface area contributed by atoms with E-state index in [-0.39, 0.29) is 17.2 Å². The largest absolute Gasteiger partial charge is 0.379 e. The molecule has 1 N–H and O–H groups in total. The van der Waals surface area contributed by atoms with Gasteiger partial charge in [0.2, 0.25) is 0 Å². The zero-order chi connectivity index (χ0) is 17.0. The van der Waals surface area contributed by atoms with Crippen molar-refractivity contribution in [3.63, 3.8) is 0 Å². The van der Waals surface area contributed by atoms with Gasteiger partial charge in [-0.15, -0.1) is 11.3 Å². The van der Waals surface area contributed by atoms with Crippen molar-refractivity contribution < 1.29 is 17.9 Å². The molecule has 0 spiro atoms. The summed E-state index contributed by atoms with van der Waals surface area (Å²) in [4.78, 5) is 4.17. The first-order valence-electron chi connectivity index (χ1n) is 7.70. The molecule has 3 rings (SSSR count). The van der Waals surface area contributed by atoms with Crippen molar-refractivity contribution >= 4 is 21.4 Å². The van der Waals surface area contributed by atoms with E-state index in [9.17, 15) is 8.42 Å². The Morgan fingerprint density at radius 2 is 2.42 bits per heavy atom. The lowest BCUT2D eigenvalue weighted by Gasteiger charge is -2.31. The molecule has 0 radical (unpaired) electrons. The number of rotatable bonds is 7. The molecule has 1 aliphatic heterocycles. The van der Waals surface area contributed by atoms with Gasteiger partial charge in [-0.3, -0.25) is 4.68 Å². The molecule has 1 aliphatic rings. The maximum absolute atomic E-state index is 12.6. The molecule has 2 aromatic rings. The number of aromatic nitrogens is 3. The molecule has 2 atom stereocenters. The summed E-state index contributed by atoms with van der Waals surface area (Å²) in [6.45, 7) is 3.52. The summed E-state index contributed by atoms with van der Waals surface area (Å²) in [5.74, 6) is 0. The van der Waals surface area contributed by atoms with E-state index in [1.165, 1.54) is 28.3 Å². The van der Waals surface area contributed by atoms with Crippen molar-refractivity contribution in [2.24, 2.45) is 0 Å². The molecular formula is C14H20N4O4S2. The Hall–Kier alpha value is -1.33. The summed E-state index contributed by atoms with van der Waals surface area (Å²) >= 11 is 1.50. The first kappa shape index (κ1) is 17.5. The molecule has 0 saturated carbocycles. The van der Waals surface area contributed by atoms with E-state index in [4.69, 9.17) is 9.47 Å². The summed E-state index contributed by atoms with van der Waals surface area (Å²) < 4.78 is 40.7. The number of hydrogen-bond acceptors (Lipinski definition) is 7. The van der Waals surface area contributed by atoms with Gasteiger partial charge in [0.1, 0.15) is 0 Å². The second kappa shape index (κ2) is 7.70. The fraction of sp³-hybridized carbons (Fsp3) is 0.571. The summed E-state index contributed by atoms with van der Waals surface area (Å²) in [6, 6.07) is 1.15. The van der Waals surface area contributed by atoms with Crippen molar-refractivity contribution in [1.82, 2.24) is 19.5 Å². The third-order valence-electron chi connectivity index (χ3n) is 3.79. The fourth-order valence-electron chi connectivity index (χ4n) is 2.56. The molecule has 132 valence electrons. The second-order valence-electron chi connectivity index (χ2n) is 5.41. The zero-order valence-electron chi connectivity index (χ0n) is 13.3. The quantitative estimate of drug-likeness (QED) is 0.779. The Labute approximate surface area is 144 Å². The third kappa shape index (κ3) is 4.01. The van der Waals surface area contributed by atoms with Crippen LogP contribution in [-0.4, -0.2) is 48.5 Å². The number of nitrogens with one attached hydrogen (secondary N) is 1. The Kier molecular flexibility index (Phi) is 5.61. The van der Waals surface area contributed by atoms with Gasteiger partial charge < -0.3 is 9.47 Å². The van der Waals surface area contributed by atoms with E-state index in [1.807, 2.05) is 12.3 Å². The summed E-state index contributed by atoms with van der Waals surface area (Å²) in [5.41, 5.74) is 2.57. The highest BCUT2D eigenvalue weighted by Crippen LogP contribution is 2.17. The second-order valence-corrected chi connectivity index (χ2v) is 7.79. The van der Waals surface area contributed by atoms with E-state index in [0.29, 0.717) is 32.8 Å². The van der Waals surface area contributed by atoms with E-state index in [2.05, 4.69) is 14.8 Å². The smallest absolute Gasteiger partial charge is 0.258 e. The van der Waals surface area contributed by atoms with Gasteiger partial charge in [-0.2, -0.15) is 5.10 Å². The van der Waals surface area contributed by atoms with Crippen molar-refractivity contribution in [1.29, 1.82) is 0 Å². The monoisotopic (exact) mass is 372 g/mol. The lowest BCUT2D eigenvalue weighted by atomic mass is 10.1. The third-order valence-corrected chi connectivity index (χ3v) is 5.94. The highest BCUT2D eigenvalue weighted by atomic mass is 32.2. The van der Waals surface area contributed by atoms with Crippen LogP contribution in [0, 0.1) is 0 Å². The zero-order valence-corrected chi connectivity index (χ0v) is 14.9. The van der Waals surface area contributed by atoms with E-state index >= 15 is 0 Å². The van der Waals surface area contributed by atoms with Crippen molar-refractivity contribution in [3.8, 4) is 0 Å². The molecule has 8 nitrogen and oxygen atoms in total. The molecule has 0 bridgehead atoms. The van der Waals surface area contributed by atoms with Crippen molar-refractivity contribution in [2.45, 2.75) is 43.7 Å².